The van der Waals surface area contributed by atoms with E-state index in [9.17, 15) is 9.90 Å². The summed E-state index contributed by atoms with van der Waals surface area (Å²) in [5, 5.41) is 11.3. The van der Waals surface area contributed by atoms with E-state index in [1.54, 1.807) is 6.07 Å². The van der Waals surface area contributed by atoms with E-state index in [1.807, 2.05) is 12.1 Å². The number of rotatable bonds is 5. The Balaban J connectivity index is 1.41. The lowest BCUT2D eigenvalue weighted by Crippen LogP contribution is -2.41. The minimum atomic E-state index is -0.525. The number of ether oxygens (including phenoxy) is 1. The lowest BCUT2D eigenvalue weighted by atomic mass is 10.0. The molecule has 5 heteroatoms. The summed E-state index contributed by atoms with van der Waals surface area (Å²) in [7, 11) is 0. The standard InChI is InChI=1S/C21H27NO4/c1-14-4-3-9-22(11-14)12-15(23)13-25-16-7-8-18-17-5-2-6-19(17)21(24)26-20(18)10-16/h7-8,10,14-15,23H,2-6,9,11-13H2,1H3/t14-,15+/m0/s1. The third-order valence-corrected chi connectivity index (χ3v) is 5.60. The molecule has 1 aromatic heterocycles. The molecule has 2 heterocycles. The lowest BCUT2D eigenvalue weighted by Gasteiger charge is -2.32. The number of likely N-dealkylation sites (tertiary alicyclic amines) is 1. The van der Waals surface area contributed by atoms with Crippen LogP contribution in [0.3, 0.4) is 0 Å². The van der Waals surface area contributed by atoms with Gasteiger partial charge >= 0.3 is 5.63 Å². The van der Waals surface area contributed by atoms with E-state index < -0.39 is 6.10 Å². The fourth-order valence-electron chi connectivity index (χ4n) is 4.35. The third kappa shape index (κ3) is 3.64. The molecule has 0 saturated carbocycles. The SMILES string of the molecule is C[C@H]1CCCN(C[C@@H](O)COc2ccc3c4c(c(=O)oc3c2)CCC4)C1. The van der Waals surface area contributed by atoms with Crippen LogP contribution in [0.2, 0.25) is 0 Å². The van der Waals surface area contributed by atoms with Gasteiger partial charge < -0.3 is 19.2 Å². The molecule has 0 unspecified atom stereocenters. The van der Waals surface area contributed by atoms with Crippen molar-refractivity contribution in [2.75, 3.05) is 26.2 Å². The molecule has 4 rings (SSSR count). The van der Waals surface area contributed by atoms with Crippen LogP contribution in [-0.4, -0.2) is 42.4 Å². The molecule has 1 N–H and O–H groups in total. The van der Waals surface area contributed by atoms with Gasteiger partial charge in [-0.2, -0.15) is 0 Å². The van der Waals surface area contributed by atoms with Crippen molar-refractivity contribution in [1.29, 1.82) is 0 Å². The number of fused-ring (bicyclic) bond motifs is 3. The van der Waals surface area contributed by atoms with Crippen molar-refractivity contribution in [2.24, 2.45) is 5.92 Å². The highest BCUT2D eigenvalue weighted by Crippen LogP contribution is 2.29. The van der Waals surface area contributed by atoms with Crippen LogP contribution in [0.4, 0.5) is 0 Å². The van der Waals surface area contributed by atoms with E-state index in [1.165, 1.54) is 12.8 Å². The largest absolute Gasteiger partial charge is 0.491 e. The van der Waals surface area contributed by atoms with Crippen molar-refractivity contribution >= 4 is 11.0 Å². The van der Waals surface area contributed by atoms with E-state index >= 15 is 0 Å². The highest BCUT2D eigenvalue weighted by atomic mass is 16.5. The van der Waals surface area contributed by atoms with Crippen molar-refractivity contribution in [2.45, 2.75) is 45.1 Å². The number of hydrogen-bond donors (Lipinski definition) is 1. The molecule has 1 fully saturated rings. The van der Waals surface area contributed by atoms with E-state index in [0.717, 1.165) is 48.9 Å². The van der Waals surface area contributed by atoms with Gasteiger partial charge in [-0.25, -0.2) is 4.79 Å². The normalized spacial score (nSPS) is 21.7. The Morgan fingerprint density at radius 1 is 1.31 bits per heavy atom. The van der Waals surface area contributed by atoms with Gasteiger partial charge in [-0.05, 0) is 62.3 Å². The quantitative estimate of drug-likeness (QED) is 0.834. The number of aliphatic hydroxyl groups is 1. The molecule has 0 spiro atoms. The summed E-state index contributed by atoms with van der Waals surface area (Å²) in [6, 6.07) is 5.64. The van der Waals surface area contributed by atoms with Gasteiger partial charge in [-0.15, -0.1) is 0 Å². The molecule has 1 saturated heterocycles. The number of β-amino-alcohol motifs (C(OH)–C–C–N with tert-alkyl or cyclic N) is 1. The van der Waals surface area contributed by atoms with Crippen molar-refractivity contribution in [1.82, 2.24) is 4.90 Å². The molecule has 1 aliphatic carbocycles. The van der Waals surface area contributed by atoms with E-state index in [0.29, 0.717) is 23.8 Å². The number of aliphatic hydroxyl groups excluding tert-OH is 1. The smallest absolute Gasteiger partial charge is 0.339 e. The predicted molar refractivity (Wildman–Crippen MR) is 101 cm³/mol. The summed E-state index contributed by atoms with van der Waals surface area (Å²) in [6.45, 7) is 5.23. The Hall–Kier alpha value is -1.85. The summed E-state index contributed by atoms with van der Waals surface area (Å²) < 4.78 is 11.2. The van der Waals surface area contributed by atoms with E-state index in [-0.39, 0.29) is 12.2 Å². The first-order chi connectivity index (χ1) is 12.6. The van der Waals surface area contributed by atoms with Gasteiger partial charge in [-0.3, -0.25) is 0 Å². The number of hydrogen-bond acceptors (Lipinski definition) is 5. The maximum absolute atomic E-state index is 12.1. The Morgan fingerprint density at radius 3 is 3.00 bits per heavy atom. The number of aryl methyl sites for hydroxylation is 1. The van der Waals surface area contributed by atoms with Gasteiger partial charge in [0.05, 0.1) is 0 Å². The van der Waals surface area contributed by atoms with Gasteiger partial charge in [0.1, 0.15) is 24.0 Å². The lowest BCUT2D eigenvalue weighted by molar-refractivity contribution is 0.0537. The summed E-state index contributed by atoms with van der Waals surface area (Å²) >= 11 is 0. The molecular formula is C21H27NO4. The van der Waals surface area contributed by atoms with Crippen LogP contribution in [-0.2, 0) is 12.8 Å². The first-order valence-electron chi connectivity index (χ1n) is 9.72. The maximum Gasteiger partial charge on any atom is 0.339 e. The van der Waals surface area contributed by atoms with Crippen molar-refractivity contribution < 1.29 is 14.3 Å². The van der Waals surface area contributed by atoms with E-state index in [4.69, 9.17) is 9.15 Å². The van der Waals surface area contributed by atoms with Crippen LogP contribution < -0.4 is 10.4 Å². The van der Waals surface area contributed by atoms with Crippen LogP contribution in [0.1, 0.15) is 37.3 Å². The first-order valence-corrected chi connectivity index (χ1v) is 9.72. The highest BCUT2D eigenvalue weighted by Gasteiger charge is 2.21. The van der Waals surface area contributed by atoms with Crippen LogP contribution in [0.5, 0.6) is 5.75 Å². The average molecular weight is 357 g/mol. The van der Waals surface area contributed by atoms with Crippen molar-refractivity contribution in [3.05, 3.63) is 39.7 Å². The number of nitrogens with zero attached hydrogens (tertiary/aromatic N) is 1. The Kier molecular flexibility index (Phi) is 5.00. The minimum absolute atomic E-state index is 0.221. The molecule has 1 aliphatic heterocycles. The summed E-state index contributed by atoms with van der Waals surface area (Å²) in [4.78, 5) is 14.4. The highest BCUT2D eigenvalue weighted by molar-refractivity contribution is 5.83. The second kappa shape index (κ2) is 7.41. The molecule has 26 heavy (non-hydrogen) atoms. The van der Waals surface area contributed by atoms with Crippen LogP contribution in [0.25, 0.3) is 11.0 Å². The van der Waals surface area contributed by atoms with Crippen LogP contribution >= 0.6 is 0 Å². The molecule has 0 radical (unpaired) electrons. The number of benzene rings is 1. The van der Waals surface area contributed by atoms with Crippen molar-refractivity contribution in [3.8, 4) is 5.75 Å². The summed E-state index contributed by atoms with van der Waals surface area (Å²) in [6.07, 6.45) is 4.71. The fourth-order valence-corrected chi connectivity index (χ4v) is 4.35. The Labute approximate surface area is 153 Å². The van der Waals surface area contributed by atoms with Crippen LogP contribution in [0.15, 0.2) is 27.4 Å². The molecule has 2 aromatic rings. The molecule has 140 valence electrons. The molecule has 2 atom stereocenters. The molecule has 2 aliphatic rings. The van der Waals surface area contributed by atoms with Gasteiger partial charge in [0.25, 0.3) is 0 Å². The Morgan fingerprint density at radius 2 is 2.15 bits per heavy atom. The fraction of sp³-hybridized carbons (Fsp3) is 0.571. The summed E-state index contributed by atoms with van der Waals surface area (Å²) in [5.41, 5.74) is 2.31. The molecule has 0 bridgehead atoms. The zero-order valence-corrected chi connectivity index (χ0v) is 15.4. The topological polar surface area (TPSA) is 62.9 Å². The summed E-state index contributed by atoms with van der Waals surface area (Å²) in [5.74, 6) is 1.33. The average Bonchev–Trinajstić information content (AvgIpc) is 3.10. The molecule has 5 nitrogen and oxygen atoms in total. The molecular weight excluding hydrogens is 330 g/mol. The first kappa shape index (κ1) is 17.6. The Bertz CT molecular complexity index is 844. The molecule has 1 aromatic carbocycles. The van der Waals surface area contributed by atoms with Gasteiger partial charge in [0, 0.05) is 30.1 Å². The van der Waals surface area contributed by atoms with Crippen LogP contribution in [0, 0.1) is 5.92 Å². The van der Waals surface area contributed by atoms with Gasteiger partial charge in [-0.1, -0.05) is 6.92 Å². The monoisotopic (exact) mass is 357 g/mol. The van der Waals surface area contributed by atoms with Gasteiger partial charge in [0.2, 0.25) is 0 Å². The number of piperidine rings is 1. The molecule has 0 amide bonds. The second-order valence-electron chi connectivity index (χ2n) is 7.83. The van der Waals surface area contributed by atoms with Crippen molar-refractivity contribution in [3.63, 3.8) is 0 Å². The second-order valence-corrected chi connectivity index (χ2v) is 7.83. The van der Waals surface area contributed by atoms with E-state index in [2.05, 4.69) is 11.8 Å². The predicted octanol–water partition coefficient (Wildman–Crippen LogP) is 2.75. The van der Waals surface area contributed by atoms with Gasteiger partial charge in [0.15, 0.2) is 0 Å². The minimum Gasteiger partial charge on any atom is -0.491 e. The zero-order chi connectivity index (χ0) is 18.1. The third-order valence-electron chi connectivity index (χ3n) is 5.60. The zero-order valence-electron chi connectivity index (χ0n) is 15.4. The maximum atomic E-state index is 12.1.